The van der Waals surface area contributed by atoms with Crippen molar-refractivity contribution in [1.82, 2.24) is 18.9 Å². The Balaban J connectivity index is 1.20. The lowest BCUT2D eigenvalue weighted by atomic mass is 9.87. The first-order valence-corrected chi connectivity index (χ1v) is 20.4. The minimum atomic E-state index is -0.606. The van der Waals surface area contributed by atoms with Crippen LogP contribution in [0.15, 0.2) is 91.0 Å². The van der Waals surface area contributed by atoms with Gasteiger partial charge in [-0.1, -0.05) is 42.5 Å². The van der Waals surface area contributed by atoms with Gasteiger partial charge in [-0.25, -0.2) is 0 Å². The van der Waals surface area contributed by atoms with Crippen LogP contribution in [0.2, 0.25) is 0 Å². The van der Waals surface area contributed by atoms with Gasteiger partial charge in [0.1, 0.15) is 23.3 Å². The summed E-state index contributed by atoms with van der Waals surface area (Å²) in [7, 11) is 3.73. The second kappa shape index (κ2) is 15.0. The number of nitrogens with zero attached hydrogens (tertiary/aromatic N) is 5. The summed E-state index contributed by atoms with van der Waals surface area (Å²) >= 11 is 0. The molecule has 9 rings (SSSR count). The molecule has 0 radical (unpaired) electrons. The number of hydrogen-bond acceptors (Lipinski definition) is 6. The number of rotatable bonds is 6. The van der Waals surface area contributed by atoms with Gasteiger partial charge in [0.2, 0.25) is 0 Å². The highest BCUT2D eigenvalue weighted by Crippen LogP contribution is 2.44. The topological polar surface area (TPSA) is 133 Å². The number of amides is 3. The molecular formula is C49H46N6O5. The van der Waals surface area contributed by atoms with E-state index in [-0.39, 0.29) is 29.5 Å². The third-order valence-corrected chi connectivity index (χ3v) is 12.8. The van der Waals surface area contributed by atoms with E-state index in [1.807, 2.05) is 89.3 Å². The van der Waals surface area contributed by atoms with E-state index in [1.54, 1.807) is 18.2 Å². The number of aromatic nitrogens is 2. The number of aromatic hydroxyl groups is 1. The summed E-state index contributed by atoms with van der Waals surface area (Å²) in [6.07, 6.45) is 1.18. The van der Waals surface area contributed by atoms with E-state index in [1.165, 1.54) is 17.7 Å². The molecule has 0 spiro atoms. The minimum absolute atomic E-state index is 0.0764. The first kappa shape index (κ1) is 38.5. The Labute approximate surface area is 349 Å². The molecule has 11 nitrogen and oxygen atoms in total. The standard InChI is InChI=1S/C49H46N6O5/c1-28-20-31-10-6-7-12-34(31)27-55(28)48(58)41-22-35-26-54(49(59)43-23-33-11-8-9-13-42(33)60-43)19-18-32(35)21-40(41)46-45(39-24-37(25-50)52(4)29(39)2)44(30(3)53(46)5)47(57)51-36-14-16-38(56)17-15-36/h6-17,21-22,24,28,43,56H,18-20,23,26-27H2,1-5H3,(H,51,57)/t28-,43?/m1/s1. The Morgan fingerprint density at radius 3 is 2.23 bits per heavy atom. The lowest BCUT2D eigenvalue weighted by Gasteiger charge is -2.36. The van der Waals surface area contributed by atoms with Crippen molar-refractivity contribution in [1.29, 1.82) is 5.26 Å². The number of hydrogen-bond donors (Lipinski definition) is 2. The number of nitriles is 1. The van der Waals surface area contributed by atoms with Crippen molar-refractivity contribution in [3.63, 3.8) is 0 Å². The maximum atomic E-state index is 15.3. The molecule has 3 aliphatic rings. The number of anilines is 1. The number of phenols is 1. The van der Waals surface area contributed by atoms with Gasteiger partial charge in [0.25, 0.3) is 17.7 Å². The molecule has 60 heavy (non-hydrogen) atoms. The fourth-order valence-corrected chi connectivity index (χ4v) is 9.26. The van der Waals surface area contributed by atoms with E-state index in [9.17, 15) is 20.0 Å². The van der Waals surface area contributed by atoms with Crippen molar-refractivity contribution in [3.8, 4) is 40.0 Å². The van der Waals surface area contributed by atoms with Crippen molar-refractivity contribution in [2.24, 2.45) is 14.1 Å². The maximum Gasteiger partial charge on any atom is 0.264 e. The predicted molar refractivity (Wildman–Crippen MR) is 229 cm³/mol. The first-order chi connectivity index (χ1) is 28.9. The number of nitrogens with one attached hydrogen (secondary N) is 1. The molecule has 0 fully saturated rings. The third-order valence-electron chi connectivity index (χ3n) is 12.8. The summed E-state index contributed by atoms with van der Waals surface area (Å²) in [4.78, 5) is 47.7. The van der Waals surface area contributed by atoms with Gasteiger partial charge >= 0.3 is 0 Å². The monoisotopic (exact) mass is 798 g/mol. The molecule has 0 bridgehead atoms. The molecule has 3 aliphatic heterocycles. The smallest absolute Gasteiger partial charge is 0.264 e. The normalized spacial score (nSPS) is 16.7. The number of fused-ring (bicyclic) bond motifs is 3. The van der Waals surface area contributed by atoms with E-state index in [2.05, 4.69) is 36.5 Å². The molecule has 302 valence electrons. The van der Waals surface area contributed by atoms with Gasteiger partial charge in [-0.05, 0) is 110 Å². The molecule has 1 unspecified atom stereocenters. The average Bonchev–Trinajstić information content (AvgIpc) is 3.90. The highest BCUT2D eigenvalue weighted by molar-refractivity contribution is 6.14. The van der Waals surface area contributed by atoms with Crippen LogP contribution in [0, 0.1) is 25.2 Å². The highest BCUT2D eigenvalue weighted by atomic mass is 16.5. The molecule has 4 aromatic carbocycles. The Bertz CT molecular complexity index is 2760. The quantitative estimate of drug-likeness (QED) is 0.167. The average molecular weight is 799 g/mol. The van der Waals surface area contributed by atoms with Gasteiger partial charge in [-0.3, -0.25) is 14.4 Å². The van der Waals surface area contributed by atoms with E-state index in [4.69, 9.17) is 4.74 Å². The highest BCUT2D eigenvalue weighted by Gasteiger charge is 2.37. The van der Waals surface area contributed by atoms with Gasteiger partial charge in [0.05, 0.1) is 11.3 Å². The number of carbonyl (C=O) groups is 3. The van der Waals surface area contributed by atoms with Crippen LogP contribution in [0.5, 0.6) is 11.5 Å². The van der Waals surface area contributed by atoms with Crippen LogP contribution in [0.3, 0.4) is 0 Å². The van der Waals surface area contributed by atoms with Gasteiger partial charge in [-0.2, -0.15) is 5.26 Å². The molecule has 11 heteroatoms. The van der Waals surface area contributed by atoms with Crippen LogP contribution in [-0.2, 0) is 51.2 Å². The Hall–Kier alpha value is -7.06. The van der Waals surface area contributed by atoms with Gasteiger partial charge < -0.3 is 34.1 Å². The number of benzene rings is 4. The second-order valence-electron chi connectivity index (χ2n) is 16.3. The van der Waals surface area contributed by atoms with E-state index in [0.29, 0.717) is 89.5 Å². The molecule has 6 aromatic rings. The van der Waals surface area contributed by atoms with E-state index < -0.39 is 6.10 Å². The lowest BCUT2D eigenvalue weighted by molar-refractivity contribution is -0.138. The molecule has 0 aliphatic carbocycles. The van der Waals surface area contributed by atoms with E-state index in [0.717, 1.165) is 33.7 Å². The van der Waals surface area contributed by atoms with Crippen LogP contribution in [0.25, 0.3) is 22.4 Å². The van der Waals surface area contributed by atoms with Crippen LogP contribution >= 0.6 is 0 Å². The number of para-hydroxylation sites is 1. The Kier molecular flexibility index (Phi) is 9.58. The summed E-state index contributed by atoms with van der Waals surface area (Å²) in [6, 6.07) is 30.3. The molecule has 5 heterocycles. The third kappa shape index (κ3) is 6.49. The molecule has 3 amide bonds. The van der Waals surface area contributed by atoms with Crippen molar-refractivity contribution >= 4 is 23.4 Å². The first-order valence-electron chi connectivity index (χ1n) is 20.4. The summed E-state index contributed by atoms with van der Waals surface area (Å²) < 4.78 is 9.91. The fraction of sp³-hybridized carbons (Fsp3) is 0.265. The largest absolute Gasteiger partial charge is 0.508 e. The number of carbonyl (C=O) groups excluding carboxylic acids is 3. The van der Waals surface area contributed by atoms with Crippen molar-refractivity contribution in [2.45, 2.75) is 65.3 Å². The van der Waals surface area contributed by atoms with Crippen LogP contribution in [-0.4, -0.2) is 60.5 Å². The fourth-order valence-electron chi connectivity index (χ4n) is 9.26. The molecule has 2 atom stereocenters. The summed E-state index contributed by atoms with van der Waals surface area (Å²) in [5.74, 6) is 0.234. The molecule has 0 saturated heterocycles. The minimum Gasteiger partial charge on any atom is -0.508 e. The van der Waals surface area contributed by atoms with E-state index >= 15 is 4.79 Å². The molecule has 2 N–H and O–H groups in total. The Morgan fingerprint density at radius 2 is 1.52 bits per heavy atom. The number of phenolic OH excluding ortho intramolecular Hbond substituents is 1. The zero-order chi connectivity index (χ0) is 42.0. The summed E-state index contributed by atoms with van der Waals surface area (Å²) in [5, 5.41) is 23.1. The van der Waals surface area contributed by atoms with Gasteiger partial charge in [-0.15, -0.1) is 0 Å². The zero-order valence-electron chi connectivity index (χ0n) is 34.4. The molecular weight excluding hydrogens is 753 g/mol. The maximum absolute atomic E-state index is 15.3. The Morgan fingerprint density at radius 1 is 0.800 bits per heavy atom. The molecule has 2 aromatic heterocycles. The summed E-state index contributed by atoms with van der Waals surface area (Å²) in [6.45, 7) is 7.14. The van der Waals surface area contributed by atoms with Crippen molar-refractivity contribution < 1.29 is 24.2 Å². The lowest BCUT2D eigenvalue weighted by Crippen LogP contribution is -2.44. The predicted octanol–water partition coefficient (Wildman–Crippen LogP) is 7.62. The molecule has 0 saturated carbocycles. The second-order valence-corrected chi connectivity index (χ2v) is 16.3. The SMILES string of the molecule is Cc1c(-c2c(C(=O)Nc3ccc(O)cc3)c(C)n(C)c2-c2cc3c(cc2C(=O)N2Cc4ccccc4C[C@H]2C)CN(C(=O)C2Cc4ccccc4O2)CC3)cc(C#N)n1C. The van der Waals surface area contributed by atoms with Gasteiger partial charge in [0.15, 0.2) is 6.10 Å². The van der Waals surface area contributed by atoms with Crippen molar-refractivity contribution in [2.75, 3.05) is 11.9 Å². The summed E-state index contributed by atoms with van der Waals surface area (Å²) in [5.41, 5.74) is 11.2. The van der Waals surface area contributed by atoms with Crippen molar-refractivity contribution in [3.05, 3.63) is 147 Å². The van der Waals surface area contributed by atoms with Gasteiger partial charge in [0, 0.05) is 85.5 Å². The zero-order valence-corrected chi connectivity index (χ0v) is 34.4. The number of ether oxygens (including phenoxy) is 1. The van der Waals surface area contributed by atoms with Crippen LogP contribution in [0.1, 0.15) is 72.5 Å². The van der Waals surface area contributed by atoms with Crippen LogP contribution < -0.4 is 10.1 Å². The van der Waals surface area contributed by atoms with Crippen LogP contribution in [0.4, 0.5) is 5.69 Å².